The van der Waals surface area contributed by atoms with Crippen LogP contribution in [0.2, 0.25) is 0 Å². The molecule has 9 nitrogen and oxygen atoms in total. The van der Waals surface area contributed by atoms with Gasteiger partial charge in [-0.25, -0.2) is 9.78 Å². The van der Waals surface area contributed by atoms with Gasteiger partial charge in [0.15, 0.2) is 5.13 Å². The summed E-state index contributed by atoms with van der Waals surface area (Å²) in [5.41, 5.74) is 2.88. The van der Waals surface area contributed by atoms with Gasteiger partial charge < -0.3 is 14.9 Å². The number of fused-ring (bicyclic) bond motifs is 1. The fraction of sp³-hybridized carbons (Fsp3) is 0.0938. The number of carbonyl (C=O) groups is 3. The van der Waals surface area contributed by atoms with Crippen molar-refractivity contribution in [2.45, 2.75) is 19.6 Å². The average molecular weight is 578 g/mol. The number of rotatable bonds is 7. The van der Waals surface area contributed by atoms with Gasteiger partial charge in [-0.2, -0.15) is 0 Å². The second kappa shape index (κ2) is 10.9. The number of amides is 1. The van der Waals surface area contributed by atoms with Crippen molar-refractivity contribution >= 4 is 50.1 Å². The Morgan fingerprint density at radius 3 is 2.43 bits per heavy atom. The molecule has 5 aromatic rings. The maximum Gasteiger partial charge on any atom is 0.335 e. The molecule has 3 heterocycles. The minimum absolute atomic E-state index is 0.0765. The molecule has 1 aliphatic heterocycles. The molecular weight excluding hydrogens is 554 g/mol. The van der Waals surface area contributed by atoms with E-state index in [9.17, 15) is 24.6 Å². The number of aryl methyl sites for hydroxylation is 1. The van der Waals surface area contributed by atoms with Crippen LogP contribution in [0.25, 0.3) is 16.0 Å². The van der Waals surface area contributed by atoms with Gasteiger partial charge in [-0.05, 0) is 66.6 Å². The van der Waals surface area contributed by atoms with E-state index in [-0.39, 0.29) is 22.0 Å². The second-order valence-corrected chi connectivity index (χ2v) is 10.7. The third-order valence-electron chi connectivity index (χ3n) is 6.93. The molecule has 0 saturated carbocycles. The number of ketones is 1. The number of carboxylic acid groups (broad SMARTS) is 1. The number of pyridine rings is 1. The zero-order chi connectivity index (χ0) is 29.4. The average Bonchev–Trinajstić information content (AvgIpc) is 3.54. The van der Waals surface area contributed by atoms with Gasteiger partial charge in [0, 0.05) is 11.8 Å². The summed E-state index contributed by atoms with van der Waals surface area (Å²) >= 11 is 1.08. The van der Waals surface area contributed by atoms with Crippen LogP contribution in [0.4, 0.5) is 5.13 Å². The van der Waals surface area contributed by atoms with Crippen LogP contribution in [-0.2, 0) is 16.2 Å². The van der Waals surface area contributed by atoms with Crippen LogP contribution >= 0.6 is 11.3 Å². The Morgan fingerprint density at radius 2 is 1.71 bits per heavy atom. The molecule has 1 fully saturated rings. The van der Waals surface area contributed by atoms with Crippen LogP contribution < -0.4 is 9.64 Å². The van der Waals surface area contributed by atoms with Crippen LogP contribution in [0.5, 0.6) is 5.75 Å². The highest BCUT2D eigenvalue weighted by Gasteiger charge is 2.48. The van der Waals surface area contributed by atoms with Gasteiger partial charge in [0.2, 0.25) is 0 Å². The third-order valence-corrected chi connectivity index (χ3v) is 7.95. The lowest BCUT2D eigenvalue weighted by Crippen LogP contribution is -2.29. The monoisotopic (exact) mass is 577 g/mol. The molecule has 1 atom stereocenters. The fourth-order valence-corrected chi connectivity index (χ4v) is 5.88. The van der Waals surface area contributed by atoms with E-state index in [1.807, 2.05) is 37.3 Å². The minimum atomic E-state index is -1.09. The van der Waals surface area contributed by atoms with E-state index in [1.165, 1.54) is 23.2 Å². The molecule has 0 spiro atoms. The van der Waals surface area contributed by atoms with Crippen LogP contribution in [0.3, 0.4) is 0 Å². The standard InChI is InChI=1S/C32H23N3O6S/c1-18-15-20(11-13-24(18)41-17-19-7-3-2-4-8-19)28(36)26-27(23-9-5-6-14-33-23)35(30(38)29(26)37)32-34-22-12-10-21(31(39)40)16-25(22)42-32/h2-16,27,36H,17H2,1H3,(H,39,40)/b28-26+. The molecule has 208 valence electrons. The van der Waals surface area contributed by atoms with Gasteiger partial charge in [-0.3, -0.25) is 19.5 Å². The first-order valence-corrected chi connectivity index (χ1v) is 13.8. The van der Waals surface area contributed by atoms with Crippen LogP contribution in [0.1, 0.15) is 38.8 Å². The summed E-state index contributed by atoms with van der Waals surface area (Å²) in [4.78, 5) is 48.6. The number of aliphatic hydroxyl groups is 1. The van der Waals surface area contributed by atoms with Crippen molar-refractivity contribution in [1.29, 1.82) is 0 Å². The van der Waals surface area contributed by atoms with Crippen molar-refractivity contribution in [3.8, 4) is 5.75 Å². The van der Waals surface area contributed by atoms with E-state index in [1.54, 1.807) is 42.5 Å². The zero-order valence-electron chi connectivity index (χ0n) is 22.2. The molecule has 0 radical (unpaired) electrons. The molecule has 2 aromatic heterocycles. The predicted octanol–water partition coefficient (Wildman–Crippen LogP) is 5.90. The molecule has 1 aliphatic rings. The Morgan fingerprint density at radius 1 is 0.952 bits per heavy atom. The summed E-state index contributed by atoms with van der Waals surface area (Å²) in [5.74, 6) is -2.57. The third kappa shape index (κ3) is 4.88. The van der Waals surface area contributed by atoms with Gasteiger partial charge in [0.1, 0.15) is 24.2 Å². The summed E-state index contributed by atoms with van der Waals surface area (Å²) in [6.07, 6.45) is 1.54. The lowest BCUT2D eigenvalue weighted by Gasteiger charge is -2.22. The van der Waals surface area contributed by atoms with Gasteiger partial charge in [0.05, 0.1) is 27.0 Å². The molecule has 1 unspecified atom stereocenters. The first-order valence-electron chi connectivity index (χ1n) is 13.0. The van der Waals surface area contributed by atoms with E-state index in [2.05, 4.69) is 9.97 Å². The summed E-state index contributed by atoms with van der Waals surface area (Å²) < 4.78 is 6.49. The molecule has 3 aromatic carbocycles. The molecule has 1 saturated heterocycles. The van der Waals surface area contributed by atoms with E-state index in [4.69, 9.17) is 4.74 Å². The molecule has 0 bridgehead atoms. The number of anilines is 1. The van der Waals surface area contributed by atoms with E-state index in [0.717, 1.165) is 22.5 Å². The van der Waals surface area contributed by atoms with Gasteiger partial charge >= 0.3 is 11.9 Å². The Hall–Kier alpha value is -5.35. The highest BCUT2D eigenvalue weighted by molar-refractivity contribution is 7.22. The number of carboxylic acids is 1. The van der Waals surface area contributed by atoms with Crippen molar-refractivity contribution in [3.05, 3.63) is 125 Å². The molecule has 10 heteroatoms. The largest absolute Gasteiger partial charge is 0.507 e. The molecule has 42 heavy (non-hydrogen) atoms. The predicted molar refractivity (Wildman–Crippen MR) is 158 cm³/mol. The Balaban J connectivity index is 1.41. The maximum absolute atomic E-state index is 13.5. The zero-order valence-corrected chi connectivity index (χ0v) is 23.0. The number of aromatic carboxylic acids is 1. The molecule has 6 rings (SSSR count). The summed E-state index contributed by atoms with van der Waals surface area (Å²) in [7, 11) is 0. The van der Waals surface area contributed by atoms with Crippen LogP contribution in [-0.4, -0.2) is 37.8 Å². The van der Waals surface area contributed by atoms with Crippen molar-refractivity contribution in [3.63, 3.8) is 0 Å². The number of benzene rings is 3. The fourth-order valence-electron chi connectivity index (χ4n) is 4.85. The van der Waals surface area contributed by atoms with Crippen LogP contribution in [0, 0.1) is 6.92 Å². The first kappa shape index (κ1) is 26.9. The summed E-state index contributed by atoms with van der Waals surface area (Å²) in [5, 5.41) is 21.1. The van der Waals surface area contributed by atoms with E-state index >= 15 is 0 Å². The van der Waals surface area contributed by atoms with Crippen LogP contribution in [0.15, 0.2) is 96.7 Å². The van der Waals surface area contributed by atoms with Gasteiger partial charge in [-0.1, -0.05) is 47.7 Å². The number of ether oxygens (including phenoxy) is 1. The van der Waals surface area contributed by atoms with Gasteiger partial charge in [0.25, 0.3) is 5.78 Å². The number of hydrogen-bond donors (Lipinski definition) is 2. The number of aliphatic hydroxyl groups excluding tert-OH is 1. The highest BCUT2D eigenvalue weighted by atomic mass is 32.1. The number of nitrogens with zero attached hydrogens (tertiary/aromatic N) is 3. The molecular formula is C32H23N3O6S. The normalized spacial score (nSPS) is 16.2. The quantitative estimate of drug-likeness (QED) is 0.139. The minimum Gasteiger partial charge on any atom is -0.507 e. The highest BCUT2D eigenvalue weighted by Crippen LogP contribution is 2.44. The van der Waals surface area contributed by atoms with Gasteiger partial charge in [-0.15, -0.1) is 0 Å². The van der Waals surface area contributed by atoms with Crippen molar-refractivity contribution in [2.75, 3.05) is 4.90 Å². The lowest BCUT2D eigenvalue weighted by atomic mass is 9.97. The first-order chi connectivity index (χ1) is 20.3. The molecule has 2 N–H and O–H groups in total. The summed E-state index contributed by atoms with van der Waals surface area (Å²) in [6.45, 7) is 2.20. The Kier molecular flexibility index (Phi) is 6.97. The smallest absolute Gasteiger partial charge is 0.335 e. The van der Waals surface area contributed by atoms with Crippen molar-refractivity contribution < 1.29 is 29.3 Å². The maximum atomic E-state index is 13.5. The SMILES string of the molecule is Cc1cc(/C(O)=C2\C(=O)C(=O)N(c3nc4ccc(C(=O)O)cc4s3)C2c2ccccn2)ccc1OCc1ccccc1. The lowest BCUT2D eigenvalue weighted by molar-refractivity contribution is -0.132. The number of thiazole rings is 1. The second-order valence-electron chi connectivity index (χ2n) is 9.66. The topological polar surface area (TPSA) is 130 Å². The number of Topliss-reactive ketones (excluding diaryl/α,β-unsaturated/α-hetero) is 1. The van der Waals surface area contributed by atoms with E-state index < -0.39 is 23.7 Å². The number of aromatic nitrogens is 2. The van der Waals surface area contributed by atoms with Crippen molar-refractivity contribution in [2.24, 2.45) is 0 Å². The Bertz CT molecular complexity index is 1880. The number of hydrogen-bond acceptors (Lipinski definition) is 8. The Labute approximate surface area is 244 Å². The number of carbonyl (C=O) groups excluding carboxylic acids is 2. The van der Waals surface area contributed by atoms with Crippen molar-refractivity contribution in [1.82, 2.24) is 9.97 Å². The summed E-state index contributed by atoms with van der Waals surface area (Å²) in [6, 6.07) is 23.3. The molecule has 1 amide bonds. The van der Waals surface area contributed by atoms with E-state index in [0.29, 0.717) is 33.8 Å². The molecule has 0 aliphatic carbocycles.